The first kappa shape index (κ1) is 20.7. The molecule has 3 fully saturated rings. The van der Waals surface area contributed by atoms with Gasteiger partial charge in [-0.25, -0.2) is 0 Å². The van der Waals surface area contributed by atoms with E-state index in [4.69, 9.17) is 0 Å². The Morgan fingerprint density at radius 2 is 1.79 bits per heavy atom. The SMILES string of the molecule is CC(C)CCC[C@@H](C)C1CC(=O)C2=C3CCC4CCCCC4(C)C3CCC21C. The lowest BCUT2D eigenvalue weighted by Crippen LogP contribution is -2.46. The lowest BCUT2D eigenvalue weighted by atomic mass is 9.49. The summed E-state index contributed by atoms with van der Waals surface area (Å²) in [4.78, 5) is 13.4. The van der Waals surface area contributed by atoms with Crippen LogP contribution in [-0.4, -0.2) is 5.78 Å². The fourth-order valence-corrected chi connectivity index (χ4v) is 8.28. The summed E-state index contributed by atoms with van der Waals surface area (Å²) < 4.78 is 0. The molecule has 6 atom stereocenters. The van der Waals surface area contributed by atoms with Crippen LogP contribution in [0, 0.1) is 40.4 Å². The van der Waals surface area contributed by atoms with Crippen molar-refractivity contribution in [2.75, 3.05) is 0 Å². The third-order valence-electron chi connectivity index (χ3n) is 9.90. The molecule has 5 unspecified atom stereocenters. The minimum Gasteiger partial charge on any atom is -0.295 e. The molecule has 28 heavy (non-hydrogen) atoms. The Labute approximate surface area is 174 Å². The molecule has 0 aliphatic heterocycles. The van der Waals surface area contributed by atoms with Crippen LogP contribution in [0.15, 0.2) is 11.1 Å². The summed E-state index contributed by atoms with van der Waals surface area (Å²) in [6, 6.07) is 0. The van der Waals surface area contributed by atoms with Gasteiger partial charge in [-0.1, -0.05) is 72.3 Å². The quantitative estimate of drug-likeness (QED) is 0.473. The molecule has 0 aromatic carbocycles. The Balaban J connectivity index is 1.60. The molecule has 0 amide bonds. The first-order valence-electron chi connectivity index (χ1n) is 12.5. The summed E-state index contributed by atoms with van der Waals surface area (Å²) in [5, 5.41) is 0. The third-order valence-corrected chi connectivity index (χ3v) is 9.90. The maximum Gasteiger partial charge on any atom is 0.159 e. The monoisotopic (exact) mass is 384 g/mol. The fraction of sp³-hybridized carbons (Fsp3) is 0.889. The second-order valence-corrected chi connectivity index (χ2v) is 11.9. The molecule has 0 N–H and O–H groups in total. The fourth-order valence-electron chi connectivity index (χ4n) is 8.28. The van der Waals surface area contributed by atoms with Gasteiger partial charge >= 0.3 is 0 Å². The normalized spacial score (nSPS) is 41.6. The van der Waals surface area contributed by atoms with Crippen LogP contribution in [0.1, 0.15) is 112 Å². The molecule has 0 heterocycles. The minimum absolute atomic E-state index is 0.179. The number of hydrogen-bond donors (Lipinski definition) is 0. The van der Waals surface area contributed by atoms with E-state index in [-0.39, 0.29) is 5.41 Å². The lowest BCUT2D eigenvalue weighted by molar-refractivity contribution is -0.115. The molecular weight excluding hydrogens is 340 g/mol. The molecule has 3 saturated carbocycles. The Morgan fingerprint density at radius 3 is 2.54 bits per heavy atom. The standard InChI is InChI=1S/C27H44O/c1-18(2)9-8-10-19(3)23-17-24(28)25-21-13-12-20-11-6-7-15-26(20,4)22(21)14-16-27(23,25)5/h18-20,22-23H,6-17H2,1-5H3/t19-,20?,22?,23?,26?,27?/m1/s1. The maximum atomic E-state index is 13.4. The summed E-state index contributed by atoms with van der Waals surface area (Å²) in [6.45, 7) is 12.2. The second kappa shape index (κ2) is 7.59. The zero-order valence-electron chi connectivity index (χ0n) is 19.3. The van der Waals surface area contributed by atoms with Crippen molar-refractivity contribution in [3.8, 4) is 0 Å². The van der Waals surface area contributed by atoms with Gasteiger partial charge in [-0.05, 0) is 78.9 Å². The van der Waals surface area contributed by atoms with Crippen molar-refractivity contribution in [3.05, 3.63) is 11.1 Å². The van der Waals surface area contributed by atoms with Gasteiger partial charge in [-0.2, -0.15) is 0 Å². The number of ketones is 1. The van der Waals surface area contributed by atoms with Crippen molar-refractivity contribution in [1.29, 1.82) is 0 Å². The molecule has 0 aromatic heterocycles. The van der Waals surface area contributed by atoms with Gasteiger partial charge in [0.25, 0.3) is 0 Å². The number of allylic oxidation sites excluding steroid dienone is 2. The predicted octanol–water partition coefficient (Wildman–Crippen LogP) is 7.74. The second-order valence-electron chi connectivity index (χ2n) is 11.9. The van der Waals surface area contributed by atoms with Crippen molar-refractivity contribution in [3.63, 3.8) is 0 Å². The smallest absolute Gasteiger partial charge is 0.159 e. The summed E-state index contributed by atoms with van der Waals surface area (Å²) in [5.41, 5.74) is 3.67. The minimum atomic E-state index is 0.179. The van der Waals surface area contributed by atoms with E-state index in [2.05, 4.69) is 34.6 Å². The van der Waals surface area contributed by atoms with Crippen LogP contribution in [0.25, 0.3) is 0 Å². The van der Waals surface area contributed by atoms with E-state index in [1.54, 1.807) is 5.57 Å². The highest BCUT2D eigenvalue weighted by Gasteiger charge is 2.57. The summed E-state index contributed by atoms with van der Waals surface area (Å²) in [7, 11) is 0. The highest BCUT2D eigenvalue weighted by atomic mass is 16.1. The molecule has 0 bridgehead atoms. The number of fused-ring (bicyclic) bond motifs is 4. The molecule has 1 nitrogen and oxygen atoms in total. The van der Waals surface area contributed by atoms with Gasteiger partial charge in [0, 0.05) is 12.0 Å². The van der Waals surface area contributed by atoms with Gasteiger partial charge < -0.3 is 0 Å². The maximum absolute atomic E-state index is 13.4. The molecule has 0 aromatic rings. The number of rotatable bonds is 5. The van der Waals surface area contributed by atoms with E-state index in [1.165, 1.54) is 76.2 Å². The van der Waals surface area contributed by atoms with Crippen molar-refractivity contribution in [1.82, 2.24) is 0 Å². The Kier molecular flexibility index (Phi) is 5.60. The first-order valence-corrected chi connectivity index (χ1v) is 12.5. The third kappa shape index (κ3) is 3.24. The van der Waals surface area contributed by atoms with Gasteiger partial charge in [0.05, 0.1) is 0 Å². The van der Waals surface area contributed by atoms with Crippen LogP contribution in [-0.2, 0) is 4.79 Å². The van der Waals surface area contributed by atoms with Crippen LogP contribution in [0.2, 0.25) is 0 Å². The van der Waals surface area contributed by atoms with Gasteiger partial charge in [0.15, 0.2) is 5.78 Å². The Morgan fingerprint density at radius 1 is 1.00 bits per heavy atom. The molecule has 4 aliphatic rings. The van der Waals surface area contributed by atoms with Gasteiger partial charge in [0.1, 0.15) is 0 Å². The van der Waals surface area contributed by atoms with Crippen LogP contribution >= 0.6 is 0 Å². The van der Waals surface area contributed by atoms with Crippen LogP contribution in [0.4, 0.5) is 0 Å². The zero-order chi connectivity index (χ0) is 20.1. The van der Waals surface area contributed by atoms with Crippen LogP contribution in [0.5, 0.6) is 0 Å². The van der Waals surface area contributed by atoms with E-state index in [0.717, 1.165) is 18.3 Å². The van der Waals surface area contributed by atoms with Crippen LogP contribution < -0.4 is 0 Å². The molecular formula is C27H44O. The largest absolute Gasteiger partial charge is 0.295 e. The summed E-state index contributed by atoms with van der Waals surface area (Å²) >= 11 is 0. The highest BCUT2D eigenvalue weighted by molar-refractivity contribution is 6.00. The molecule has 1 heteroatoms. The van der Waals surface area contributed by atoms with Crippen molar-refractivity contribution in [2.45, 2.75) is 112 Å². The molecule has 0 saturated heterocycles. The zero-order valence-corrected chi connectivity index (χ0v) is 19.3. The van der Waals surface area contributed by atoms with E-state index in [0.29, 0.717) is 29.0 Å². The van der Waals surface area contributed by atoms with Crippen molar-refractivity contribution >= 4 is 5.78 Å². The topological polar surface area (TPSA) is 17.1 Å². The van der Waals surface area contributed by atoms with Gasteiger partial charge in [-0.15, -0.1) is 0 Å². The summed E-state index contributed by atoms with van der Waals surface area (Å²) in [5.74, 6) is 4.25. The molecule has 158 valence electrons. The molecule has 4 rings (SSSR count). The number of carbonyl (C=O) groups excluding carboxylic acids is 1. The van der Waals surface area contributed by atoms with Crippen molar-refractivity contribution in [2.24, 2.45) is 40.4 Å². The first-order chi connectivity index (χ1) is 13.3. The number of carbonyl (C=O) groups is 1. The predicted molar refractivity (Wildman–Crippen MR) is 118 cm³/mol. The Hall–Kier alpha value is -0.590. The average molecular weight is 385 g/mol. The van der Waals surface area contributed by atoms with Gasteiger partial charge in [-0.3, -0.25) is 4.79 Å². The van der Waals surface area contributed by atoms with Crippen LogP contribution in [0.3, 0.4) is 0 Å². The average Bonchev–Trinajstić information content (AvgIpc) is 2.92. The van der Waals surface area contributed by atoms with Crippen molar-refractivity contribution < 1.29 is 4.79 Å². The number of Topliss-reactive ketones (excluding diaryl/α,β-unsaturated/α-hetero) is 1. The molecule has 0 radical (unpaired) electrons. The summed E-state index contributed by atoms with van der Waals surface area (Å²) in [6.07, 6.45) is 15.7. The van der Waals surface area contributed by atoms with E-state index < -0.39 is 0 Å². The van der Waals surface area contributed by atoms with Gasteiger partial charge in [0.2, 0.25) is 0 Å². The molecule has 4 aliphatic carbocycles. The Bertz CT molecular complexity index is 643. The van der Waals surface area contributed by atoms with E-state index in [1.807, 2.05) is 0 Å². The van der Waals surface area contributed by atoms with E-state index >= 15 is 0 Å². The van der Waals surface area contributed by atoms with E-state index in [9.17, 15) is 4.79 Å². The lowest BCUT2D eigenvalue weighted by Gasteiger charge is -2.55. The number of hydrogen-bond acceptors (Lipinski definition) is 1. The molecule has 0 spiro atoms. The highest BCUT2D eigenvalue weighted by Crippen LogP contribution is 2.65.